The zero-order chi connectivity index (χ0) is 16.4. The molecule has 0 atom stereocenters. The molecule has 1 N–H and O–H groups in total. The summed E-state index contributed by atoms with van der Waals surface area (Å²) < 4.78 is 2.76. The lowest BCUT2D eigenvalue weighted by Gasteiger charge is -2.07. The molecule has 1 aromatic carbocycles. The number of nitrogens with one attached hydrogen (secondary N) is 1. The Morgan fingerprint density at radius 3 is 2.91 bits per heavy atom. The standard InChI is InChI=1S/C15H16N6O2/c1-3-21-14-13(18-19-21)15(23)20(9-16-14)8-12(22)17-11-6-4-5-10(2)7-11/h4-7,9H,3,8H2,1-2H3,(H,17,22). The van der Waals surface area contributed by atoms with Gasteiger partial charge in [0.2, 0.25) is 5.91 Å². The highest BCUT2D eigenvalue weighted by molar-refractivity contribution is 5.90. The number of rotatable bonds is 4. The van der Waals surface area contributed by atoms with Crippen LogP contribution >= 0.6 is 0 Å². The van der Waals surface area contributed by atoms with Crippen LogP contribution in [0.15, 0.2) is 35.4 Å². The summed E-state index contributed by atoms with van der Waals surface area (Å²) in [5, 5.41) is 10.5. The van der Waals surface area contributed by atoms with Crippen LogP contribution in [0.5, 0.6) is 0 Å². The highest BCUT2D eigenvalue weighted by Crippen LogP contribution is 2.09. The molecule has 0 radical (unpaired) electrons. The first-order valence-corrected chi connectivity index (χ1v) is 7.23. The van der Waals surface area contributed by atoms with Gasteiger partial charge in [-0.05, 0) is 31.5 Å². The molecule has 1 amide bonds. The predicted octanol–water partition coefficient (Wildman–Crippen LogP) is 0.955. The van der Waals surface area contributed by atoms with E-state index in [9.17, 15) is 9.59 Å². The Bertz CT molecular complexity index is 927. The summed E-state index contributed by atoms with van der Waals surface area (Å²) in [5.41, 5.74) is 1.94. The summed E-state index contributed by atoms with van der Waals surface area (Å²) in [6, 6.07) is 7.44. The van der Waals surface area contributed by atoms with Gasteiger partial charge in [0.15, 0.2) is 11.2 Å². The van der Waals surface area contributed by atoms with Crippen molar-refractivity contribution < 1.29 is 4.79 Å². The molecule has 118 valence electrons. The van der Waals surface area contributed by atoms with Crippen LogP contribution in [-0.4, -0.2) is 30.5 Å². The Morgan fingerprint density at radius 2 is 2.17 bits per heavy atom. The molecule has 2 heterocycles. The van der Waals surface area contributed by atoms with Gasteiger partial charge in [0.05, 0.1) is 0 Å². The maximum atomic E-state index is 12.3. The molecule has 8 heteroatoms. The van der Waals surface area contributed by atoms with Crippen molar-refractivity contribution in [2.75, 3.05) is 5.32 Å². The summed E-state index contributed by atoms with van der Waals surface area (Å²) in [7, 11) is 0. The van der Waals surface area contributed by atoms with Crippen LogP contribution < -0.4 is 10.9 Å². The molecule has 3 rings (SSSR count). The number of nitrogens with zero attached hydrogens (tertiary/aromatic N) is 5. The highest BCUT2D eigenvalue weighted by Gasteiger charge is 2.13. The number of amides is 1. The van der Waals surface area contributed by atoms with Crippen molar-refractivity contribution in [1.29, 1.82) is 0 Å². The number of aromatic nitrogens is 5. The van der Waals surface area contributed by atoms with E-state index in [1.165, 1.54) is 15.6 Å². The highest BCUT2D eigenvalue weighted by atomic mass is 16.2. The number of hydrogen-bond acceptors (Lipinski definition) is 5. The van der Waals surface area contributed by atoms with Crippen molar-refractivity contribution >= 4 is 22.8 Å². The lowest BCUT2D eigenvalue weighted by Crippen LogP contribution is -2.28. The topological polar surface area (TPSA) is 94.7 Å². The number of benzene rings is 1. The van der Waals surface area contributed by atoms with Gasteiger partial charge in [-0.15, -0.1) is 5.10 Å². The number of aryl methyl sites for hydroxylation is 2. The third-order valence-electron chi connectivity index (χ3n) is 3.41. The molecule has 0 fully saturated rings. The van der Waals surface area contributed by atoms with Gasteiger partial charge in [-0.2, -0.15) is 0 Å². The average molecular weight is 312 g/mol. The largest absolute Gasteiger partial charge is 0.325 e. The molecule has 0 bridgehead atoms. The minimum absolute atomic E-state index is 0.130. The quantitative estimate of drug-likeness (QED) is 0.774. The predicted molar refractivity (Wildman–Crippen MR) is 85.1 cm³/mol. The van der Waals surface area contributed by atoms with Crippen molar-refractivity contribution in [2.45, 2.75) is 26.9 Å². The normalized spacial score (nSPS) is 10.9. The van der Waals surface area contributed by atoms with Crippen LogP contribution in [0.1, 0.15) is 12.5 Å². The Labute approximate surface area is 131 Å². The number of carbonyl (C=O) groups excluding carboxylic acids is 1. The van der Waals surface area contributed by atoms with Gasteiger partial charge in [-0.25, -0.2) is 9.67 Å². The molecular weight excluding hydrogens is 296 g/mol. The van der Waals surface area contributed by atoms with Crippen molar-refractivity contribution in [3.63, 3.8) is 0 Å². The van der Waals surface area contributed by atoms with Gasteiger partial charge in [0.25, 0.3) is 5.56 Å². The number of carbonyl (C=O) groups is 1. The first kappa shape index (κ1) is 14.9. The second kappa shape index (κ2) is 5.99. The van der Waals surface area contributed by atoms with Crippen molar-refractivity contribution in [2.24, 2.45) is 0 Å². The third kappa shape index (κ3) is 2.96. The van der Waals surface area contributed by atoms with E-state index in [4.69, 9.17) is 0 Å². The van der Waals surface area contributed by atoms with E-state index in [1.54, 1.807) is 6.07 Å². The monoisotopic (exact) mass is 312 g/mol. The Balaban J connectivity index is 1.82. The Hall–Kier alpha value is -3.03. The molecule has 3 aromatic rings. The minimum atomic E-state index is -0.380. The maximum absolute atomic E-state index is 12.3. The molecule has 23 heavy (non-hydrogen) atoms. The van der Waals surface area contributed by atoms with Gasteiger partial charge >= 0.3 is 0 Å². The molecule has 0 saturated carbocycles. The number of fused-ring (bicyclic) bond motifs is 1. The number of hydrogen-bond donors (Lipinski definition) is 1. The summed E-state index contributed by atoms with van der Waals surface area (Å²) in [4.78, 5) is 28.6. The maximum Gasteiger partial charge on any atom is 0.283 e. The van der Waals surface area contributed by atoms with Crippen LogP contribution in [0, 0.1) is 6.92 Å². The Morgan fingerprint density at radius 1 is 1.35 bits per heavy atom. The molecule has 0 saturated heterocycles. The minimum Gasteiger partial charge on any atom is -0.325 e. The zero-order valence-corrected chi connectivity index (χ0v) is 12.9. The molecule has 2 aromatic heterocycles. The van der Waals surface area contributed by atoms with Crippen LogP contribution in [0.3, 0.4) is 0 Å². The van der Waals surface area contributed by atoms with Crippen molar-refractivity contribution in [3.8, 4) is 0 Å². The lowest BCUT2D eigenvalue weighted by molar-refractivity contribution is -0.116. The zero-order valence-electron chi connectivity index (χ0n) is 12.9. The summed E-state index contributed by atoms with van der Waals surface area (Å²) in [5.74, 6) is -0.304. The van der Waals surface area contributed by atoms with E-state index in [-0.39, 0.29) is 23.5 Å². The molecular formula is C15H16N6O2. The van der Waals surface area contributed by atoms with E-state index in [0.717, 1.165) is 5.56 Å². The van der Waals surface area contributed by atoms with Crippen molar-refractivity contribution in [3.05, 3.63) is 46.5 Å². The summed E-state index contributed by atoms with van der Waals surface area (Å²) in [6.45, 7) is 4.27. The van der Waals surface area contributed by atoms with Gasteiger partial charge in [0.1, 0.15) is 12.9 Å². The van der Waals surface area contributed by atoms with Crippen LogP contribution in [-0.2, 0) is 17.9 Å². The van der Waals surface area contributed by atoms with Crippen molar-refractivity contribution in [1.82, 2.24) is 24.5 Å². The van der Waals surface area contributed by atoms with Crippen LogP contribution in [0.25, 0.3) is 11.2 Å². The number of anilines is 1. The van der Waals surface area contributed by atoms with Gasteiger partial charge in [-0.1, -0.05) is 17.3 Å². The van der Waals surface area contributed by atoms with Gasteiger partial charge < -0.3 is 5.32 Å². The van der Waals surface area contributed by atoms with E-state index < -0.39 is 0 Å². The molecule has 0 aliphatic rings. The average Bonchev–Trinajstić information content (AvgIpc) is 2.94. The van der Waals surface area contributed by atoms with Crippen LogP contribution in [0.2, 0.25) is 0 Å². The Kier molecular flexibility index (Phi) is 3.88. The fourth-order valence-electron chi connectivity index (χ4n) is 2.29. The first-order valence-electron chi connectivity index (χ1n) is 7.23. The van der Waals surface area contributed by atoms with Gasteiger partial charge in [0, 0.05) is 12.2 Å². The van der Waals surface area contributed by atoms with Crippen LogP contribution in [0.4, 0.5) is 5.69 Å². The summed E-state index contributed by atoms with van der Waals surface area (Å²) in [6.07, 6.45) is 1.34. The van der Waals surface area contributed by atoms with E-state index >= 15 is 0 Å². The molecule has 0 spiro atoms. The van der Waals surface area contributed by atoms with Gasteiger partial charge in [-0.3, -0.25) is 14.2 Å². The third-order valence-corrected chi connectivity index (χ3v) is 3.41. The second-order valence-corrected chi connectivity index (χ2v) is 5.17. The molecule has 0 aliphatic carbocycles. The van der Waals surface area contributed by atoms with E-state index in [1.807, 2.05) is 32.0 Å². The van der Waals surface area contributed by atoms with E-state index in [2.05, 4.69) is 20.6 Å². The fourth-order valence-corrected chi connectivity index (χ4v) is 2.29. The summed E-state index contributed by atoms with van der Waals surface area (Å²) >= 11 is 0. The molecule has 0 unspecified atom stereocenters. The fraction of sp³-hybridized carbons (Fsp3) is 0.267. The second-order valence-electron chi connectivity index (χ2n) is 5.17. The van der Waals surface area contributed by atoms with E-state index in [0.29, 0.717) is 17.9 Å². The molecule has 0 aliphatic heterocycles. The lowest BCUT2D eigenvalue weighted by atomic mass is 10.2. The molecule has 8 nitrogen and oxygen atoms in total. The first-order chi connectivity index (χ1) is 11.1. The SMILES string of the molecule is CCn1nnc2c(=O)n(CC(=O)Nc3cccc(C)c3)cnc21. The smallest absolute Gasteiger partial charge is 0.283 e.